The summed E-state index contributed by atoms with van der Waals surface area (Å²) in [5.74, 6) is 0.541. The molecule has 1 aromatic heterocycles. The number of carbonyl (C=O) groups excluding carboxylic acids is 2. The number of thiophene rings is 1. The van der Waals surface area contributed by atoms with E-state index in [0.29, 0.717) is 43.5 Å². The Morgan fingerprint density at radius 1 is 1.24 bits per heavy atom. The van der Waals surface area contributed by atoms with Gasteiger partial charge in [0.1, 0.15) is 0 Å². The fraction of sp³-hybridized carbons (Fsp3) is 0.667. The third-order valence-electron chi connectivity index (χ3n) is 5.63. The van der Waals surface area contributed by atoms with Gasteiger partial charge in [-0.15, -0.1) is 11.3 Å². The van der Waals surface area contributed by atoms with Crippen molar-refractivity contribution in [3.05, 3.63) is 22.1 Å². The van der Waals surface area contributed by atoms with Crippen LogP contribution in [0.3, 0.4) is 0 Å². The molecular weight excluding hydrogens is 343 g/mol. The van der Waals surface area contributed by atoms with Crippen LogP contribution < -0.4 is 0 Å². The Morgan fingerprint density at radius 3 is 2.76 bits per heavy atom. The monoisotopic (exact) mass is 366 g/mol. The molecule has 136 valence electrons. The van der Waals surface area contributed by atoms with E-state index in [1.54, 1.807) is 4.90 Å². The molecule has 3 fully saturated rings. The number of hydrogen-bond donors (Lipinski definition) is 0. The van der Waals surface area contributed by atoms with E-state index in [2.05, 4.69) is 0 Å². The zero-order valence-electron chi connectivity index (χ0n) is 14.2. The van der Waals surface area contributed by atoms with Gasteiger partial charge in [-0.05, 0) is 30.9 Å². The van der Waals surface area contributed by atoms with Crippen molar-refractivity contribution in [2.24, 2.45) is 5.92 Å². The second-order valence-corrected chi connectivity index (χ2v) is 8.27. The lowest BCUT2D eigenvalue weighted by molar-refractivity contribution is -0.143. The van der Waals surface area contributed by atoms with Gasteiger partial charge in [-0.25, -0.2) is 0 Å². The topological polar surface area (TPSA) is 49.9 Å². The van der Waals surface area contributed by atoms with Crippen molar-refractivity contribution in [2.75, 3.05) is 26.2 Å². The van der Waals surface area contributed by atoms with Crippen LogP contribution in [0.4, 0.5) is 4.39 Å². The van der Waals surface area contributed by atoms with Crippen LogP contribution in [0.15, 0.2) is 12.1 Å². The fourth-order valence-corrected chi connectivity index (χ4v) is 5.03. The molecule has 3 aliphatic rings. The normalized spacial score (nSPS) is 26.9. The van der Waals surface area contributed by atoms with Gasteiger partial charge in [0, 0.05) is 26.1 Å². The molecule has 1 aromatic rings. The highest BCUT2D eigenvalue weighted by Gasteiger charge is 2.44. The first-order valence-electron chi connectivity index (χ1n) is 9.07. The maximum Gasteiger partial charge on any atom is 0.264 e. The van der Waals surface area contributed by atoms with Crippen molar-refractivity contribution in [1.82, 2.24) is 9.80 Å². The summed E-state index contributed by atoms with van der Waals surface area (Å²) >= 11 is 0.865. The van der Waals surface area contributed by atoms with Crippen LogP contribution in [0, 0.1) is 11.0 Å². The summed E-state index contributed by atoms with van der Waals surface area (Å²) in [6.45, 7) is 2.06. The third-order valence-corrected chi connectivity index (χ3v) is 6.49. The number of halogens is 1. The lowest BCUT2D eigenvalue weighted by atomic mass is 10.0. The van der Waals surface area contributed by atoms with Crippen molar-refractivity contribution < 1.29 is 18.7 Å². The molecule has 0 bridgehead atoms. The maximum atomic E-state index is 13.2. The Hall–Kier alpha value is -1.47. The minimum Gasteiger partial charge on any atom is -0.372 e. The first-order valence-corrected chi connectivity index (χ1v) is 9.89. The first-order chi connectivity index (χ1) is 12.1. The Labute approximate surface area is 150 Å². The summed E-state index contributed by atoms with van der Waals surface area (Å²) in [6, 6.07) is 2.76. The minimum absolute atomic E-state index is 0.0728. The predicted octanol–water partition coefficient (Wildman–Crippen LogP) is 2.52. The van der Waals surface area contributed by atoms with Gasteiger partial charge in [-0.1, -0.05) is 12.8 Å². The van der Waals surface area contributed by atoms with Gasteiger partial charge in [0.25, 0.3) is 5.91 Å². The summed E-state index contributed by atoms with van der Waals surface area (Å²) in [7, 11) is 0. The summed E-state index contributed by atoms with van der Waals surface area (Å²) in [5, 5.41) is -0.357. The van der Waals surface area contributed by atoms with E-state index in [1.165, 1.54) is 25.0 Å². The maximum absolute atomic E-state index is 13.2. The van der Waals surface area contributed by atoms with E-state index in [0.717, 1.165) is 24.2 Å². The van der Waals surface area contributed by atoms with Crippen molar-refractivity contribution in [3.8, 4) is 0 Å². The highest BCUT2D eigenvalue weighted by Crippen LogP contribution is 2.31. The molecule has 2 aliphatic heterocycles. The zero-order valence-corrected chi connectivity index (χ0v) is 15.0. The van der Waals surface area contributed by atoms with Crippen LogP contribution in [-0.2, 0) is 9.53 Å². The van der Waals surface area contributed by atoms with Gasteiger partial charge in [-0.3, -0.25) is 9.59 Å². The molecule has 2 saturated heterocycles. The SMILES string of the molecule is O=C(c1ccc(F)s1)N1CC2OCCN(C(=O)CC3CCCC3)C2C1. The molecule has 0 aromatic carbocycles. The molecule has 0 spiro atoms. The van der Waals surface area contributed by atoms with Gasteiger partial charge >= 0.3 is 0 Å². The minimum atomic E-state index is -0.357. The van der Waals surface area contributed by atoms with E-state index >= 15 is 0 Å². The van der Waals surface area contributed by atoms with Gasteiger partial charge in [0.2, 0.25) is 5.91 Å². The Kier molecular flexibility index (Phi) is 4.78. The number of nitrogens with zero attached hydrogens (tertiary/aromatic N) is 2. The molecule has 4 rings (SSSR count). The van der Waals surface area contributed by atoms with Crippen LogP contribution in [0.5, 0.6) is 0 Å². The molecule has 2 amide bonds. The quantitative estimate of drug-likeness (QED) is 0.826. The number of ether oxygens (including phenoxy) is 1. The number of amides is 2. The second kappa shape index (κ2) is 7.03. The largest absolute Gasteiger partial charge is 0.372 e. The summed E-state index contributed by atoms with van der Waals surface area (Å²) in [5.41, 5.74) is 0. The number of morpholine rings is 1. The summed E-state index contributed by atoms with van der Waals surface area (Å²) in [4.78, 5) is 29.4. The van der Waals surface area contributed by atoms with Crippen LogP contribution in [0.1, 0.15) is 41.8 Å². The van der Waals surface area contributed by atoms with Gasteiger partial charge < -0.3 is 14.5 Å². The highest BCUT2D eigenvalue weighted by molar-refractivity contribution is 7.12. The number of hydrogen-bond acceptors (Lipinski definition) is 4. The van der Waals surface area contributed by atoms with E-state index in [9.17, 15) is 14.0 Å². The van der Waals surface area contributed by atoms with Gasteiger partial charge in [0.15, 0.2) is 5.13 Å². The highest BCUT2D eigenvalue weighted by atomic mass is 32.1. The number of rotatable bonds is 3. The molecule has 3 heterocycles. The molecule has 5 nitrogen and oxygen atoms in total. The Bertz CT molecular complexity index is 659. The van der Waals surface area contributed by atoms with Crippen LogP contribution in [0.25, 0.3) is 0 Å². The van der Waals surface area contributed by atoms with Crippen molar-refractivity contribution in [3.63, 3.8) is 0 Å². The number of carbonyl (C=O) groups is 2. The Balaban J connectivity index is 1.42. The predicted molar refractivity (Wildman–Crippen MR) is 92.0 cm³/mol. The van der Waals surface area contributed by atoms with Crippen LogP contribution in [-0.4, -0.2) is 60.0 Å². The van der Waals surface area contributed by atoms with Crippen molar-refractivity contribution in [1.29, 1.82) is 0 Å². The third kappa shape index (κ3) is 3.44. The average molecular weight is 366 g/mol. The Morgan fingerprint density at radius 2 is 2.04 bits per heavy atom. The van der Waals surface area contributed by atoms with Crippen molar-refractivity contribution in [2.45, 2.75) is 44.2 Å². The van der Waals surface area contributed by atoms with E-state index in [1.807, 2.05) is 4.90 Å². The van der Waals surface area contributed by atoms with E-state index in [4.69, 9.17) is 4.74 Å². The molecule has 1 aliphatic carbocycles. The first kappa shape index (κ1) is 17.0. The lowest BCUT2D eigenvalue weighted by Gasteiger charge is -2.37. The lowest BCUT2D eigenvalue weighted by Crippen LogP contribution is -2.53. The second-order valence-electron chi connectivity index (χ2n) is 7.23. The van der Waals surface area contributed by atoms with Crippen molar-refractivity contribution >= 4 is 23.2 Å². The fourth-order valence-electron chi connectivity index (χ4n) is 4.33. The smallest absolute Gasteiger partial charge is 0.264 e. The number of fused-ring (bicyclic) bond motifs is 1. The molecule has 7 heteroatoms. The standard InChI is InChI=1S/C18H23FN2O3S/c19-16-6-5-15(25-16)18(23)20-10-13-14(11-20)24-8-7-21(13)17(22)9-12-3-1-2-4-12/h5-6,12-14H,1-4,7-11H2. The molecular formula is C18H23FN2O3S. The molecule has 2 unspecified atom stereocenters. The molecule has 25 heavy (non-hydrogen) atoms. The summed E-state index contributed by atoms with van der Waals surface area (Å²) < 4.78 is 19.0. The van der Waals surface area contributed by atoms with E-state index < -0.39 is 0 Å². The molecule has 1 saturated carbocycles. The number of likely N-dealkylation sites (tertiary alicyclic amines) is 1. The average Bonchev–Trinajstić information content (AvgIpc) is 3.33. The van der Waals surface area contributed by atoms with Crippen LogP contribution >= 0.6 is 11.3 Å². The summed E-state index contributed by atoms with van der Waals surface area (Å²) in [6.07, 6.45) is 5.25. The van der Waals surface area contributed by atoms with Crippen LogP contribution in [0.2, 0.25) is 0 Å². The van der Waals surface area contributed by atoms with E-state index in [-0.39, 0.29) is 29.1 Å². The molecule has 0 N–H and O–H groups in total. The zero-order chi connectivity index (χ0) is 17.4. The van der Waals surface area contributed by atoms with Gasteiger partial charge in [0.05, 0.1) is 23.6 Å². The molecule has 2 atom stereocenters. The molecule has 0 radical (unpaired) electrons. The van der Waals surface area contributed by atoms with Gasteiger partial charge in [-0.2, -0.15) is 4.39 Å².